The zero-order chi connectivity index (χ0) is 15.7. The Bertz CT molecular complexity index is 677. The Labute approximate surface area is 130 Å². The van der Waals surface area contributed by atoms with Crippen molar-refractivity contribution in [2.75, 3.05) is 12.4 Å². The highest BCUT2D eigenvalue weighted by atomic mass is 32.1. The van der Waals surface area contributed by atoms with Gasteiger partial charge in [-0.2, -0.15) is 4.98 Å². The van der Waals surface area contributed by atoms with Crippen LogP contribution in [0.25, 0.3) is 10.8 Å². The van der Waals surface area contributed by atoms with Gasteiger partial charge in [0.1, 0.15) is 5.82 Å². The minimum absolute atomic E-state index is 0.0918. The maximum atomic E-state index is 13.3. The van der Waals surface area contributed by atoms with E-state index in [-0.39, 0.29) is 18.9 Å². The Balaban J connectivity index is 1.85. The molecule has 1 aliphatic carbocycles. The predicted molar refractivity (Wildman–Crippen MR) is 80.6 cm³/mol. The molecule has 0 saturated heterocycles. The normalized spacial score (nSPS) is 20.1. The van der Waals surface area contributed by atoms with Crippen LogP contribution in [0.5, 0.6) is 5.88 Å². The van der Waals surface area contributed by atoms with Crippen molar-refractivity contribution in [2.24, 2.45) is 0 Å². The van der Waals surface area contributed by atoms with Crippen molar-refractivity contribution >= 4 is 17.2 Å². The van der Waals surface area contributed by atoms with Crippen LogP contribution in [0, 0.1) is 6.92 Å². The number of hydrogen-bond acceptors (Lipinski definition) is 6. The topological polar surface area (TPSA) is 59.9 Å². The van der Waals surface area contributed by atoms with E-state index in [0.717, 1.165) is 5.69 Å². The number of anilines is 1. The summed E-state index contributed by atoms with van der Waals surface area (Å²) in [5, 5.41) is 5.64. The van der Waals surface area contributed by atoms with E-state index < -0.39 is 5.92 Å². The molecule has 0 aliphatic heterocycles. The maximum absolute atomic E-state index is 13.3. The lowest BCUT2D eigenvalue weighted by molar-refractivity contribution is 0.00852. The van der Waals surface area contributed by atoms with E-state index in [1.54, 1.807) is 6.07 Å². The summed E-state index contributed by atoms with van der Waals surface area (Å²) in [6, 6.07) is 1.32. The molecule has 0 amide bonds. The standard InChI is InChI=1S/C14H16F2N4OS/c1-8-7-22-13(17-8)12-19-10(5-11(20-12)21-2)18-9-3-4-14(15,16)6-9/h5,7,9H,3-4,6H2,1-2H3,(H,18,19,20). The molecule has 0 bridgehead atoms. The second-order valence-corrected chi connectivity index (χ2v) is 6.21. The summed E-state index contributed by atoms with van der Waals surface area (Å²) in [6.07, 6.45) is 0.154. The molecule has 2 aromatic heterocycles. The first-order valence-corrected chi connectivity index (χ1v) is 7.83. The van der Waals surface area contributed by atoms with Crippen LogP contribution in [-0.4, -0.2) is 34.0 Å². The fraction of sp³-hybridized carbons (Fsp3) is 0.500. The van der Waals surface area contributed by atoms with Crippen LogP contribution < -0.4 is 10.1 Å². The van der Waals surface area contributed by atoms with Gasteiger partial charge in [0.05, 0.1) is 7.11 Å². The molecular formula is C14H16F2N4OS. The van der Waals surface area contributed by atoms with Gasteiger partial charge in [-0.15, -0.1) is 11.3 Å². The van der Waals surface area contributed by atoms with E-state index in [4.69, 9.17) is 4.74 Å². The van der Waals surface area contributed by atoms with E-state index in [1.807, 2.05) is 12.3 Å². The molecule has 0 aromatic carbocycles. The van der Waals surface area contributed by atoms with Crippen molar-refractivity contribution in [2.45, 2.75) is 38.2 Å². The van der Waals surface area contributed by atoms with Crippen molar-refractivity contribution < 1.29 is 13.5 Å². The second kappa shape index (κ2) is 5.75. The Morgan fingerprint density at radius 1 is 1.36 bits per heavy atom. The Kier molecular flexibility index (Phi) is 3.94. The number of nitrogens with one attached hydrogen (secondary N) is 1. The van der Waals surface area contributed by atoms with Gasteiger partial charge in [0.2, 0.25) is 11.8 Å². The number of nitrogens with zero attached hydrogens (tertiary/aromatic N) is 3. The summed E-state index contributed by atoms with van der Waals surface area (Å²) >= 11 is 1.43. The number of alkyl halides is 2. The molecule has 2 aromatic rings. The van der Waals surface area contributed by atoms with Gasteiger partial charge in [0, 0.05) is 36.0 Å². The quantitative estimate of drug-likeness (QED) is 0.931. The first kappa shape index (κ1) is 15.1. The molecule has 1 saturated carbocycles. The zero-order valence-corrected chi connectivity index (χ0v) is 13.1. The number of ether oxygens (including phenoxy) is 1. The van der Waals surface area contributed by atoms with E-state index in [1.165, 1.54) is 18.4 Å². The molecule has 118 valence electrons. The first-order chi connectivity index (χ1) is 10.4. The third-order valence-electron chi connectivity index (χ3n) is 3.48. The van der Waals surface area contributed by atoms with Crippen LogP contribution in [-0.2, 0) is 0 Å². The number of halogens is 2. The van der Waals surface area contributed by atoms with Crippen molar-refractivity contribution in [1.29, 1.82) is 0 Å². The smallest absolute Gasteiger partial charge is 0.250 e. The summed E-state index contributed by atoms with van der Waals surface area (Å²) in [4.78, 5) is 13.0. The average Bonchev–Trinajstić information content (AvgIpc) is 3.04. The molecule has 1 N–H and O–H groups in total. The lowest BCUT2D eigenvalue weighted by Crippen LogP contribution is -2.20. The molecule has 8 heteroatoms. The number of thiazole rings is 1. The summed E-state index contributed by atoms with van der Waals surface area (Å²) in [7, 11) is 1.51. The Hall–Kier alpha value is -1.83. The van der Waals surface area contributed by atoms with Gasteiger partial charge in [-0.05, 0) is 13.3 Å². The van der Waals surface area contributed by atoms with Crippen LogP contribution in [0.4, 0.5) is 14.6 Å². The van der Waals surface area contributed by atoms with Crippen LogP contribution >= 0.6 is 11.3 Å². The molecule has 1 atom stereocenters. The van der Waals surface area contributed by atoms with Gasteiger partial charge in [-0.3, -0.25) is 0 Å². The minimum atomic E-state index is -2.59. The van der Waals surface area contributed by atoms with Gasteiger partial charge in [0.25, 0.3) is 0 Å². The third kappa shape index (κ3) is 3.32. The lowest BCUT2D eigenvalue weighted by Gasteiger charge is -2.14. The fourth-order valence-corrected chi connectivity index (χ4v) is 3.17. The summed E-state index contributed by atoms with van der Waals surface area (Å²) in [6.45, 7) is 1.89. The molecule has 1 fully saturated rings. The molecule has 2 heterocycles. The van der Waals surface area contributed by atoms with Crippen LogP contribution in [0.1, 0.15) is 25.0 Å². The molecule has 0 radical (unpaired) electrons. The third-order valence-corrected chi connectivity index (χ3v) is 4.43. The molecule has 1 aliphatic rings. The monoisotopic (exact) mass is 326 g/mol. The Morgan fingerprint density at radius 3 is 2.77 bits per heavy atom. The van der Waals surface area contributed by atoms with Gasteiger partial charge >= 0.3 is 0 Å². The van der Waals surface area contributed by atoms with E-state index >= 15 is 0 Å². The minimum Gasteiger partial charge on any atom is -0.481 e. The van der Waals surface area contributed by atoms with E-state index in [9.17, 15) is 8.78 Å². The number of hydrogen-bond donors (Lipinski definition) is 1. The average molecular weight is 326 g/mol. The summed E-state index contributed by atoms with van der Waals surface area (Å²) < 4.78 is 31.7. The Morgan fingerprint density at radius 2 is 2.18 bits per heavy atom. The summed E-state index contributed by atoms with van der Waals surface area (Å²) in [5.41, 5.74) is 0.886. The fourth-order valence-electron chi connectivity index (χ4n) is 2.44. The van der Waals surface area contributed by atoms with Crippen LogP contribution in [0.2, 0.25) is 0 Å². The van der Waals surface area contributed by atoms with Crippen LogP contribution in [0.15, 0.2) is 11.4 Å². The molecular weight excluding hydrogens is 310 g/mol. The predicted octanol–water partition coefficient (Wildman–Crippen LogP) is 3.52. The molecule has 5 nitrogen and oxygen atoms in total. The maximum Gasteiger partial charge on any atom is 0.250 e. The van der Waals surface area contributed by atoms with Crippen molar-refractivity contribution in [3.8, 4) is 16.7 Å². The van der Waals surface area contributed by atoms with Crippen molar-refractivity contribution in [3.63, 3.8) is 0 Å². The van der Waals surface area contributed by atoms with Crippen molar-refractivity contribution in [1.82, 2.24) is 15.0 Å². The van der Waals surface area contributed by atoms with E-state index in [0.29, 0.717) is 29.0 Å². The molecule has 1 unspecified atom stereocenters. The number of methoxy groups -OCH3 is 1. The van der Waals surface area contributed by atoms with Crippen molar-refractivity contribution in [3.05, 3.63) is 17.1 Å². The highest BCUT2D eigenvalue weighted by molar-refractivity contribution is 7.13. The van der Waals surface area contributed by atoms with Crippen LogP contribution in [0.3, 0.4) is 0 Å². The molecule has 0 spiro atoms. The zero-order valence-electron chi connectivity index (χ0n) is 12.3. The first-order valence-electron chi connectivity index (χ1n) is 6.95. The highest BCUT2D eigenvalue weighted by Gasteiger charge is 2.39. The lowest BCUT2D eigenvalue weighted by atomic mass is 10.2. The SMILES string of the molecule is COc1cc(NC2CCC(F)(F)C2)nc(-c2nc(C)cs2)n1. The largest absolute Gasteiger partial charge is 0.481 e. The van der Waals surface area contributed by atoms with Gasteiger partial charge in [-0.25, -0.2) is 18.7 Å². The van der Waals surface area contributed by atoms with Gasteiger partial charge in [-0.1, -0.05) is 0 Å². The highest BCUT2D eigenvalue weighted by Crippen LogP contribution is 2.36. The number of rotatable bonds is 4. The number of aryl methyl sites for hydroxylation is 1. The van der Waals surface area contributed by atoms with Gasteiger partial charge in [0.15, 0.2) is 10.8 Å². The van der Waals surface area contributed by atoms with Gasteiger partial charge < -0.3 is 10.1 Å². The molecule has 22 heavy (non-hydrogen) atoms. The second-order valence-electron chi connectivity index (χ2n) is 5.35. The summed E-state index contributed by atoms with van der Waals surface area (Å²) in [5.74, 6) is -1.29. The molecule has 3 rings (SSSR count). The van der Waals surface area contributed by atoms with E-state index in [2.05, 4.69) is 20.3 Å². The number of aromatic nitrogens is 3.